The van der Waals surface area contributed by atoms with Gasteiger partial charge in [0.25, 0.3) is 0 Å². The topological polar surface area (TPSA) is 41.1 Å². The number of rotatable bonds is 4. The number of benzene rings is 2. The predicted octanol–water partition coefficient (Wildman–Crippen LogP) is 3.52. The number of nitrogens with one attached hydrogen (secondary N) is 2. The maximum atomic E-state index is 12.7. The van der Waals surface area contributed by atoms with Crippen LogP contribution in [0.15, 0.2) is 54.6 Å². The van der Waals surface area contributed by atoms with Gasteiger partial charge < -0.3 is 10.6 Å². The summed E-state index contributed by atoms with van der Waals surface area (Å²) in [5.41, 5.74) is 2.24. The van der Waals surface area contributed by atoms with Crippen molar-refractivity contribution in [1.82, 2.24) is 10.6 Å². The third-order valence-corrected chi connectivity index (χ3v) is 4.72. The number of hydrogen-bond donors (Lipinski definition) is 2. The summed E-state index contributed by atoms with van der Waals surface area (Å²) in [7, 11) is 0. The lowest BCUT2D eigenvalue weighted by molar-refractivity contribution is -0.125. The van der Waals surface area contributed by atoms with E-state index < -0.39 is 0 Å². The molecule has 0 aliphatic carbocycles. The van der Waals surface area contributed by atoms with E-state index in [1.807, 2.05) is 61.5 Å². The largest absolute Gasteiger partial charge is 0.349 e. The fraction of sp³-hybridized carbons (Fsp3) is 0.316. The fourth-order valence-corrected chi connectivity index (χ4v) is 3.39. The van der Waals surface area contributed by atoms with Crippen molar-refractivity contribution in [3.63, 3.8) is 0 Å². The van der Waals surface area contributed by atoms with Crippen molar-refractivity contribution in [1.29, 1.82) is 0 Å². The SMILES string of the molecule is CC(NC(=O)C1CNCC1c1cccc(Cl)c1)c1ccccc1. The first-order valence-electron chi connectivity index (χ1n) is 7.96. The maximum absolute atomic E-state index is 12.7. The minimum atomic E-state index is -0.0698. The average Bonchev–Trinajstić information content (AvgIpc) is 3.05. The number of hydrogen-bond acceptors (Lipinski definition) is 2. The smallest absolute Gasteiger partial charge is 0.225 e. The summed E-state index contributed by atoms with van der Waals surface area (Å²) >= 11 is 6.09. The van der Waals surface area contributed by atoms with Crippen LogP contribution in [0.2, 0.25) is 5.02 Å². The van der Waals surface area contributed by atoms with Crippen molar-refractivity contribution in [2.45, 2.75) is 18.9 Å². The van der Waals surface area contributed by atoms with Gasteiger partial charge in [0.1, 0.15) is 0 Å². The number of halogens is 1. The lowest BCUT2D eigenvalue weighted by Crippen LogP contribution is -2.36. The lowest BCUT2D eigenvalue weighted by Gasteiger charge is -2.22. The molecule has 2 N–H and O–H groups in total. The van der Waals surface area contributed by atoms with Gasteiger partial charge in [0.2, 0.25) is 5.91 Å². The Balaban J connectivity index is 1.71. The predicted molar refractivity (Wildman–Crippen MR) is 93.6 cm³/mol. The van der Waals surface area contributed by atoms with E-state index >= 15 is 0 Å². The molecule has 0 saturated carbocycles. The van der Waals surface area contributed by atoms with Crippen molar-refractivity contribution >= 4 is 17.5 Å². The Morgan fingerprint density at radius 3 is 2.70 bits per heavy atom. The first-order valence-corrected chi connectivity index (χ1v) is 8.34. The highest BCUT2D eigenvalue weighted by Gasteiger charge is 2.34. The minimum Gasteiger partial charge on any atom is -0.349 e. The van der Waals surface area contributed by atoms with Gasteiger partial charge in [-0.3, -0.25) is 4.79 Å². The summed E-state index contributed by atoms with van der Waals surface area (Å²) in [5, 5.41) is 7.19. The third kappa shape index (κ3) is 3.74. The molecule has 1 aliphatic heterocycles. The minimum absolute atomic E-state index is 0.00399. The Kier molecular flexibility index (Phi) is 4.99. The molecule has 0 spiro atoms. The molecule has 1 aliphatic rings. The Bertz CT molecular complexity index is 674. The summed E-state index contributed by atoms with van der Waals surface area (Å²) in [5.74, 6) is 0.188. The molecule has 120 valence electrons. The van der Waals surface area contributed by atoms with Crippen LogP contribution in [0.5, 0.6) is 0 Å². The van der Waals surface area contributed by atoms with Crippen molar-refractivity contribution in [2.75, 3.05) is 13.1 Å². The molecule has 3 rings (SSSR count). The van der Waals surface area contributed by atoms with Crippen molar-refractivity contribution in [2.24, 2.45) is 5.92 Å². The number of carbonyl (C=O) groups is 1. The summed E-state index contributed by atoms with van der Waals surface area (Å²) < 4.78 is 0. The van der Waals surface area contributed by atoms with Crippen LogP contribution in [0.3, 0.4) is 0 Å². The zero-order valence-corrected chi connectivity index (χ0v) is 13.9. The second kappa shape index (κ2) is 7.16. The van der Waals surface area contributed by atoms with Crippen molar-refractivity contribution in [3.8, 4) is 0 Å². The van der Waals surface area contributed by atoms with Crippen LogP contribution in [0.1, 0.15) is 30.0 Å². The highest BCUT2D eigenvalue weighted by Crippen LogP contribution is 2.30. The van der Waals surface area contributed by atoms with Crippen LogP contribution in [0, 0.1) is 5.92 Å². The number of amides is 1. The van der Waals surface area contributed by atoms with Gasteiger partial charge in [-0.1, -0.05) is 54.1 Å². The quantitative estimate of drug-likeness (QED) is 0.901. The number of carbonyl (C=O) groups excluding carboxylic acids is 1. The van der Waals surface area contributed by atoms with Crippen LogP contribution in [-0.4, -0.2) is 19.0 Å². The molecule has 3 atom stereocenters. The standard InChI is InChI=1S/C19H21ClN2O/c1-13(14-6-3-2-4-7-14)22-19(23)18-12-21-11-17(18)15-8-5-9-16(20)10-15/h2-10,13,17-18,21H,11-12H2,1H3,(H,22,23). The molecule has 1 amide bonds. The van der Waals surface area contributed by atoms with Crippen LogP contribution in [-0.2, 0) is 4.79 Å². The van der Waals surface area contributed by atoms with Gasteiger partial charge in [-0.25, -0.2) is 0 Å². The molecule has 0 radical (unpaired) electrons. The van der Waals surface area contributed by atoms with E-state index in [1.54, 1.807) is 0 Å². The Labute approximate surface area is 142 Å². The summed E-state index contributed by atoms with van der Waals surface area (Å²) in [6, 6.07) is 17.8. The second-order valence-corrected chi connectivity index (χ2v) is 6.50. The van der Waals surface area contributed by atoms with E-state index in [-0.39, 0.29) is 23.8 Å². The molecule has 1 saturated heterocycles. The van der Waals surface area contributed by atoms with Crippen molar-refractivity contribution in [3.05, 3.63) is 70.7 Å². The van der Waals surface area contributed by atoms with Gasteiger partial charge in [-0.2, -0.15) is 0 Å². The van der Waals surface area contributed by atoms with Crippen LogP contribution in [0.25, 0.3) is 0 Å². The zero-order chi connectivity index (χ0) is 16.2. The van der Waals surface area contributed by atoms with Gasteiger partial charge in [0, 0.05) is 24.0 Å². The van der Waals surface area contributed by atoms with E-state index in [4.69, 9.17) is 11.6 Å². The molecule has 4 heteroatoms. The normalized spacial score (nSPS) is 21.8. The summed E-state index contributed by atoms with van der Waals surface area (Å²) in [4.78, 5) is 12.7. The monoisotopic (exact) mass is 328 g/mol. The zero-order valence-electron chi connectivity index (χ0n) is 13.1. The average molecular weight is 329 g/mol. The summed E-state index contributed by atoms with van der Waals surface area (Å²) in [6.45, 7) is 3.52. The lowest BCUT2D eigenvalue weighted by atomic mass is 9.88. The maximum Gasteiger partial charge on any atom is 0.225 e. The van der Waals surface area contributed by atoms with E-state index in [1.165, 1.54) is 0 Å². The van der Waals surface area contributed by atoms with Gasteiger partial charge in [-0.05, 0) is 30.2 Å². The molecular formula is C19H21ClN2O. The fourth-order valence-electron chi connectivity index (χ4n) is 3.19. The van der Waals surface area contributed by atoms with Crippen molar-refractivity contribution < 1.29 is 4.79 Å². The van der Waals surface area contributed by atoms with E-state index in [2.05, 4.69) is 10.6 Å². The van der Waals surface area contributed by atoms with E-state index in [9.17, 15) is 4.79 Å². The Morgan fingerprint density at radius 1 is 1.17 bits per heavy atom. The molecular weight excluding hydrogens is 308 g/mol. The van der Waals surface area contributed by atoms with Crippen LogP contribution >= 0.6 is 11.6 Å². The van der Waals surface area contributed by atoms with E-state index in [0.29, 0.717) is 11.6 Å². The molecule has 1 fully saturated rings. The third-order valence-electron chi connectivity index (χ3n) is 4.49. The second-order valence-electron chi connectivity index (χ2n) is 6.07. The molecule has 23 heavy (non-hydrogen) atoms. The first kappa shape index (κ1) is 16.0. The van der Waals surface area contributed by atoms with Gasteiger partial charge in [0.15, 0.2) is 0 Å². The van der Waals surface area contributed by atoms with Crippen LogP contribution < -0.4 is 10.6 Å². The van der Waals surface area contributed by atoms with Gasteiger partial charge in [0.05, 0.1) is 12.0 Å². The molecule has 1 heterocycles. The molecule has 0 bridgehead atoms. The first-order chi connectivity index (χ1) is 11.1. The van der Waals surface area contributed by atoms with Crippen LogP contribution in [0.4, 0.5) is 0 Å². The molecule has 3 unspecified atom stereocenters. The molecule has 2 aromatic carbocycles. The Morgan fingerprint density at radius 2 is 1.96 bits per heavy atom. The summed E-state index contributed by atoms with van der Waals surface area (Å²) in [6.07, 6.45) is 0. The molecule has 2 aromatic rings. The Hall–Kier alpha value is -1.84. The van der Waals surface area contributed by atoms with E-state index in [0.717, 1.165) is 17.7 Å². The highest BCUT2D eigenvalue weighted by molar-refractivity contribution is 6.30. The molecule has 3 nitrogen and oxygen atoms in total. The van der Waals surface area contributed by atoms with Gasteiger partial charge >= 0.3 is 0 Å². The van der Waals surface area contributed by atoms with Gasteiger partial charge in [-0.15, -0.1) is 0 Å². The molecule has 0 aromatic heterocycles. The highest BCUT2D eigenvalue weighted by atomic mass is 35.5.